The first-order valence-electron chi connectivity index (χ1n) is 17.2. The second kappa shape index (κ2) is 13.3. The van der Waals surface area contributed by atoms with Crippen molar-refractivity contribution < 1.29 is 18.8 Å². The Labute approximate surface area is 295 Å². The Morgan fingerprint density at radius 3 is 2.10 bits per heavy atom. The summed E-state index contributed by atoms with van der Waals surface area (Å²) in [6.45, 7) is -0.0436. The number of H-pyrrole nitrogens is 1. The third-order valence-corrected chi connectivity index (χ3v) is 10.7. The molecule has 3 aromatic carbocycles. The zero-order valence-electron chi connectivity index (χ0n) is 29.1. The van der Waals surface area contributed by atoms with Gasteiger partial charge in [0.1, 0.15) is 11.9 Å². The fourth-order valence-corrected chi connectivity index (χ4v) is 8.07. The molecule has 2 N–H and O–H groups in total. The molecule has 1 saturated heterocycles. The first-order chi connectivity index (χ1) is 24.5. The third kappa shape index (κ3) is 6.14. The topological polar surface area (TPSA) is 151 Å². The molecular weight excluding hydrogens is 649 g/mol. The molecule has 1 saturated carbocycles. The Morgan fingerprint density at radius 1 is 0.961 bits per heavy atom. The summed E-state index contributed by atoms with van der Waals surface area (Å²) in [7, 11) is 6.84. The van der Waals surface area contributed by atoms with Gasteiger partial charge in [0.15, 0.2) is 5.82 Å². The lowest BCUT2D eigenvalue weighted by molar-refractivity contribution is -0.131. The van der Waals surface area contributed by atoms with Crippen molar-refractivity contribution in [2.75, 3.05) is 34.7 Å². The van der Waals surface area contributed by atoms with E-state index in [0.29, 0.717) is 42.1 Å². The Hall–Kier alpha value is -5.48. The van der Waals surface area contributed by atoms with Crippen LogP contribution in [0.5, 0.6) is 0 Å². The number of nitrogens with zero attached hydrogens (tertiary/aromatic N) is 7. The quantitative estimate of drug-likeness (QED) is 0.272. The highest BCUT2D eigenvalue weighted by Crippen LogP contribution is 2.50. The molecule has 2 heterocycles. The summed E-state index contributed by atoms with van der Waals surface area (Å²) < 4.78 is 14.3. The van der Waals surface area contributed by atoms with E-state index >= 15 is 0 Å². The van der Waals surface area contributed by atoms with Crippen LogP contribution in [0.1, 0.15) is 79.7 Å². The second-order valence-electron chi connectivity index (χ2n) is 14.2. The number of nitrogens with one attached hydrogen (secondary N) is 2. The van der Waals surface area contributed by atoms with E-state index in [0.717, 1.165) is 34.2 Å². The van der Waals surface area contributed by atoms with Gasteiger partial charge >= 0.3 is 0 Å². The molecule has 13 heteroatoms. The largest absolute Gasteiger partial charge is 0.345 e. The van der Waals surface area contributed by atoms with Crippen LogP contribution in [0.25, 0.3) is 0 Å². The van der Waals surface area contributed by atoms with Crippen LogP contribution < -0.4 is 5.32 Å². The maximum Gasteiger partial charge on any atom is 0.253 e. The summed E-state index contributed by atoms with van der Waals surface area (Å²) in [4.78, 5) is 44.9. The van der Waals surface area contributed by atoms with Crippen LogP contribution in [0.3, 0.4) is 0 Å². The Bertz CT molecular complexity index is 1950. The highest BCUT2D eigenvalue weighted by atomic mass is 19.1. The van der Waals surface area contributed by atoms with Gasteiger partial charge < -0.3 is 20.0 Å². The number of rotatable bonds is 9. The summed E-state index contributed by atoms with van der Waals surface area (Å²) in [5, 5.41) is 29.1. The van der Waals surface area contributed by atoms with E-state index in [2.05, 4.69) is 32.0 Å². The van der Waals surface area contributed by atoms with Crippen molar-refractivity contribution >= 4 is 17.7 Å². The van der Waals surface area contributed by atoms with E-state index in [1.54, 1.807) is 57.4 Å². The van der Waals surface area contributed by atoms with Gasteiger partial charge in [-0.2, -0.15) is 10.5 Å². The van der Waals surface area contributed by atoms with Crippen molar-refractivity contribution in [3.63, 3.8) is 0 Å². The van der Waals surface area contributed by atoms with Crippen molar-refractivity contribution in [2.45, 2.75) is 55.6 Å². The SMILES string of the molecule is CN(C)C(=O)c1ccc2c(c1)CCc1cc(C(=O)N(C)C)ccc1C2(C[C@@H](NCC(=O)N1[C@H](C#N)C[C@@H]2C[C@@H]21)c1ccc(F)cc1)c1nn[nH]n1. The molecule has 51 heavy (non-hydrogen) atoms. The zero-order valence-corrected chi connectivity index (χ0v) is 29.1. The van der Waals surface area contributed by atoms with E-state index < -0.39 is 23.3 Å². The Morgan fingerprint density at radius 2 is 1.57 bits per heavy atom. The summed E-state index contributed by atoms with van der Waals surface area (Å²) in [6, 6.07) is 18.9. The van der Waals surface area contributed by atoms with Crippen LogP contribution in [0.15, 0.2) is 60.7 Å². The van der Waals surface area contributed by atoms with Crippen molar-refractivity contribution in [2.24, 2.45) is 5.92 Å². The fourth-order valence-electron chi connectivity index (χ4n) is 8.07. The maximum atomic E-state index is 14.3. The molecule has 7 rings (SSSR count). The Balaban J connectivity index is 1.39. The third-order valence-electron chi connectivity index (χ3n) is 10.7. The molecule has 262 valence electrons. The van der Waals surface area contributed by atoms with Crippen LogP contribution in [-0.4, -0.2) is 99.9 Å². The van der Waals surface area contributed by atoms with Gasteiger partial charge in [0, 0.05) is 51.4 Å². The number of aromatic amines is 1. The van der Waals surface area contributed by atoms with Crippen LogP contribution in [-0.2, 0) is 23.1 Å². The number of aromatic nitrogens is 4. The summed E-state index contributed by atoms with van der Waals surface area (Å²) in [5.41, 5.74) is 4.23. The van der Waals surface area contributed by atoms with Gasteiger partial charge in [-0.15, -0.1) is 10.2 Å². The fraction of sp³-hybridized carbons (Fsp3) is 0.395. The second-order valence-corrected chi connectivity index (χ2v) is 14.2. The number of amides is 3. The molecule has 3 amide bonds. The number of fused-ring (bicyclic) bond motifs is 3. The monoisotopic (exact) mass is 689 g/mol. The van der Waals surface area contributed by atoms with E-state index in [4.69, 9.17) is 0 Å². The van der Waals surface area contributed by atoms with Crippen LogP contribution >= 0.6 is 0 Å². The number of hydrogen-bond donors (Lipinski definition) is 2. The number of likely N-dealkylation sites (tertiary alicyclic amines) is 1. The van der Waals surface area contributed by atoms with Crippen LogP contribution in [0.2, 0.25) is 0 Å². The van der Waals surface area contributed by atoms with Gasteiger partial charge in [0.05, 0.1) is 18.0 Å². The van der Waals surface area contributed by atoms with Gasteiger partial charge in [-0.1, -0.05) is 29.5 Å². The molecule has 0 unspecified atom stereocenters. The highest BCUT2D eigenvalue weighted by molar-refractivity contribution is 5.95. The number of halogens is 1. The molecule has 2 fully saturated rings. The predicted molar refractivity (Wildman–Crippen MR) is 185 cm³/mol. The van der Waals surface area contributed by atoms with Gasteiger partial charge in [-0.25, -0.2) is 4.39 Å². The van der Waals surface area contributed by atoms with E-state index in [1.807, 2.05) is 24.3 Å². The van der Waals surface area contributed by atoms with E-state index in [1.165, 1.54) is 21.9 Å². The van der Waals surface area contributed by atoms with E-state index in [-0.39, 0.29) is 36.7 Å². The maximum absolute atomic E-state index is 14.3. The molecule has 2 aliphatic carbocycles. The Kier molecular flexibility index (Phi) is 8.89. The number of benzene rings is 3. The molecule has 0 spiro atoms. The van der Waals surface area contributed by atoms with Gasteiger partial charge in [-0.3, -0.25) is 14.4 Å². The standard InChI is InChI=1S/C38H40FN9O3/c1-46(2)35(50)25-9-13-30-23(15-25)5-6-24-16-26(36(51)47(3)4)10-14-31(24)38(30,37-42-44-45-43-37)19-32(22-7-11-28(39)12-8-22)41-21-34(49)48-29(20-40)17-27-18-33(27)48/h7-16,27,29,32-33,41H,5-6,17-19,21H2,1-4H3,(H,42,43,44,45)/t27-,29+,32-,33+/m1/s1. The molecule has 12 nitrogen and oxygen atoms in total. The van der Waals surface area contributed by atoms with Gasteiger partial charge in [-0.05, 0) is 102 Å². The normalized spacial score (nSPS) is 20.2. The minimum Gasteiger partial charge on any atom is -0.345 e. The number of carbonyl (C=O) groups excluding carboxylic acids is 3. The number of nitriles is 1. The lowest BCUT2D eigenvalue weighted by Gasteiger charge is -2.37. The minimum atomic E-state index is -1.10. The summed E-state index contributed by atoms with van der Waals surface area (Å²) in [5.74, 6) is -0.0769. The summed E-state index contributed by atoms with van der Waals surface area (Å²) in [6.07, 6.45) is 3.00. The lowest BCUT2D eigenvalue weighted by Crippen LogP contribution is -2.45. The van der Waals surface area contributed by atoms with Crippen LogP contribution in [0, 0.1) is 23.1 Å². The van der Waals surface area contributed by atoms with Crippen molar-refractivity contribution in [3.8, 4) is 6.07 Å². The van der Waals surface area contributed by atoms with Crippen molar-refractivity contribution in [3.05, 3.63) is 111 Å². The van der Waals surface area contributed by atoms with Gasteiger partial charge in [0.25, 0.3) is 11.8 Å². The number of hydrogen-bond acceptors (Lipinski definition) is 8. The average molecular weight is 690 g/mol. The first kappa shape index (κ1) is 34.0. The molecule has 3 aliphatic rings. The molecular formula is C38H40FN9O3. The van der Waals surface area contributed by atoms with Crippen LogP contribution in [0.4, 0.5) is 4.39 Å². The molecule has 0 bridgehead atoms. The number of carbonyl (C=O) groups is 3. The number of tetrazole rings is 1. The lowest BCUT2D eigenvalue weighted by atomic mass is 9.67. The van der Waals surface area contributed by atoms with Crippen molar-refractivity contribution in [1.82, 2.24) is 40.6 Å². The summed E-state index contributed by atoms with van der Waals surface area (Å²) >= 11 is 0. The van der Waals surface area contributed by atoms with Gasteiger partial charge in [0.2, 0.25) is 5.91 Å². The molecule has 1 aliphatic heterocycles. The molecule has 1 aromatic heterocycles. The average Bonchev–Trinajstić information content (AvgIpc) is 3.51. The van der Waals surface area contributed by atoms with Crippen molar-refractivity contribution in [1.29, 1.82) is 5.26 Å². The predicted octanol–water partition coefficient (Wildman–Crippen LogP) is 3.41. The first-order valence-corrected chi connectivity index (χ1v) is 17.2. The molecule has 4 atom stereocenters. The smallest absolute Gasteiger partial charge is 0.253 e. The van der Waals surface area contributed by atoms with E-state index in [9.17, 15) is 24.0 Å². The minimum absolute atomic E-state index is 0.0436. The number of piperidine rings is 1. The number of aryl methyl sites for hydroxylation is 2. The highest BCUT2D eigenvalue weighted by Gasteiger charge is 2.54. The zero-order chi connectivity index (χ0) is 36.0. The molecule has 4 aromatic rings. The molecule has 0 radical (unpaired) electrons.